The van der Waals surface area contributed by atoms with E-state index in [1.165, 1.54) is 37.5 Å². The minimum Gasteiger partial charge on any atom is -0.439 e. The summed E-state index contributed by atoms with van der Waals surface area (Å²) >= 11 is 0. The van der Waals surface area contributed by atoms with E-state index in [-0.39, 0.29) is 10.8 Å². The van der Waals surface area contributed by atoms with Gasteiger partial charge in [0.15, 0.2) is 0 Å². The minimum absolute atomic E-state index is 0.0697. The van der Waals surface area contributed by atoms with Crippen molar-refractivity contribution in [2.24, 2.45) is 0 Å². The molecule has 2 aromatic heterocycles. The lowest BCUT2D eigenvalue weighted by Gasteiger charge is -2.10. The van der Waals surface area contributed by atoms with Gasteiger partial charge in [-0.3, -0.25) is 14.1 Å². The molecular weight excluding hydrogens is 444 g/mol. The van der Waals surface area contributed by atoms with Crippen molar-refractivity contribution in [3.63, 3.8) is 0 Å². The Labute approximate surface area is 190 Å². The van der Waals surface area contributed by atoms with Gasteiger partial charge >= 0.3 is 0 Å². The standard InChI is InChI=1S/C22H20N6O4S/c1-15-23-11-12-28(15)21-13-22(25-14-24-21)32-19-7-3-18(4-8-19)27-33(30,31)20-9-5-17(6-10-20)26-16(2)29/h3-14,27H,1-2H3,(H,26,29). The molecule has 0 aliphatic heterocycles. The van der Waals surface area contributed by atoms with Crippen molar-refractivity contribution in [1.29, 1.82) is 0 Å². The monoisotopic (exact) mass is 464 g/mol. The number of carbonyl (C=O) groups is 1. The molecule has 0 bridgehead atoms. The quantitative estimate of drug-likeness (QED) is 0.428. The van der Waals surface area contributed by atoms with Crippen molar-refractivity contribution >= 4 is 27.3 Å². The maximum atomic E-state index is 12.6. The Morgan fingerprint density at radius 2 is 1.67 bits per heavy atom. The molecule has 10 nitrogen and oxygen atoms in total. The van der Waals surface area contributed by atoms with Crippen LogP contribution in [0.1, 0.15) is 12.7 Å². The first-order valence-electron chi connectivity index (χ1n) is 9.81. The summed E-state index contributed by atoms with van der Waals surface area (Å²) in [6.07, 6.45) is 4.86. The smallest absolute Gasteiger partial charge is 0.261 e. The lowest BCUT2D eigenvalue weighted by atomic mass is 10.3. The average molecular weight is 465 g/mol. The lowest BCUT2D eigenvalue weighted by Crippen LogP contribution is -2.13. The van der Waals surface area contributed by atoms with Crippen molar-refractivity contribution in [3.8, 4) is 17.4 Å². The molecule has 0 radical (unpaired) electrons. The summed E-state index contributed by atoms with van der Waals surface area (Å²) in [4.78, 5) is 23.7. The van der Waals surface area contributed by atoms with Crippen molar-refractivity contribution < 1.29 is 17.9 Å². The Morgan fingerprint density at radius 1 is 0.970 bits per heavy atom. The zero-order chi connectivity index (χ0) is 23.4. The van der Waals surface area contributed by atoms with E-state index in [0.717, 1.165) is 5.82 Å². The third-order valence-electron chi connectivity index (χ3n) is 4.51. The van der Waals surface area contributed by atoms with Crippen LogP contribution in [0.5, 0.6) is 11.6 Å². The zero-order valence-electron chi connectivity index (χ0n) is 17.8. The van der Waals surface area contributed by atoms with E-state index < -0.39 is 10.0 Å². The highest BCUT2D eigenvalue weighted by molar-refractivity contribution is 7.92. The SMILES string of the molecule is CC(=O)Nc1ccc(S(=O)(=O)Nc2ccc(Oc3cc(-n4ccnc4C)ncn3)cc2)cc1. The molecule has 0 atom stereocenters. The van der Waals surface area contributed by atoms with E-state index in [1.807, 2.05) is 6.92 Å². The molecule has 1 amide bonds. The Balaban J connectivity index is 1.44. The summed E-state index contributed by atoms with van der Waals surface area (Å²) in [7, 11) is -3.80. The third kappa shape index (κ3) is 5.33. The fraction of sp³-hybridized carbons (Fsp3) is 0.0909. The van der Waals surface area contributed by atoms with Crippen molar-refractivity contribution in [1.82, 2.24) is 19.5 Å². The number of hydrogen-bond acceptors (Lipinski definition) is 7. The second-order valence-electron chi connectivity index (χ2n) is 7.00. The topological polar surface area (TPSA) is 128 Å². The molecule has 2 N–H and O–H groups in total. The molecule has 0 saturated heterocycles. The number of nitrogens with one attached hydrogen (secondary N) is 2. The molecule has 2 aromatic carbocycles. The molecule has 168 valence electrons. The molecule has 4 rings (SSSR count). The fourth-order valence-corrected chi connectivity index (χ4v) is 4.04. The number of amides is 1. The third-order valence-corrected chi connectivity index (χ3v) is 5.91. The number of sulfonamides is 1. The first-order valence-corrected chi connectivity index (χ1v) is 11.3. The average Bonchev–Trinajstić information content (AvgIpc) is 3.21. The minimum atomic E-state index is -3.80. The van der Waals surface area contributed by atoms with E-state index in [0.29, 0.717) is 28.8 Å². The van der Waals surface area contributed by atoms with Crippen LogP contribution < -0.4 is 14.8 Å². The van der Waals surface area contributed by atoms with E-state index in [2.05, 4.69) is 25.0 Å². The molecule has 0 fully saturated rings. The van der Waals surface area contributed by atoms with Crippen molar-refractivity contribution in [2.45, 2.75) is 18.7 Å². The summed E-state index contributed by atoms with van der Waals surface area (Å²) in [6.45, 7) is 3.24. The number of nitrogens with zero attached hydrogens (tertiary/aromatic N) is 4. The molecule has 0 spiro atoms. The molecule has 0 unspecified atom stereocenters. The highest BCUT2D eigenvalue weighted by Gasteiger charge is 2.14. The molecule has 0 aliphatic carbocycles. The molecule has 2 heterocycles. The van der Waals surface area contributed by atoms with Crippen LogP contribution in [-0.2, 0) is 14.8 Å². The van der Waals surface area contributed by atoms with E-state index in [1.54, 1.807) is 47.3 Å². The number of benzene rings is 2. The van der Waals surface area contributed by atoms with Crippen LogP contribution in [0, 0.1) is 6.92 Å². The highest BCUT2D eigenvalue weighted by Crippen LogP contribution is 2.24. The first kappa shape index (κ1) is 22.0. The predicted octanol–water partition coefficient (Wildman–Crippen LogP) is 3.52. The van der Waals surface area contributed by atoms with Crippen molar-refractivity contribution in [3.05, 3.63) is 79.1 Å². The summed E-state index contributed by atoms with van der Waals surface area (Å²) in [6, 6.07) is 14.0. The van der Waals surface area contributed by atoms with Gasteiger partial charge in [0.25, 0.3) is 10.0 Å². The second kappa shape index (κ2) is 9.09. The Morgan fingerprint density at radius 3 is 2.30 bits per heavy atom. The van der Waals surface area contributed by atoms with Gasteiger partial charge in [-0.1, -0.05) is 0 Å². The van der Waals surface area contributed by atoms with Crippen LogP contribution in [0.25, 0.3) is 5.82 Å². The van der Waals surface area contributed by atoms with Gasteiger partial charge in [0.1, 0.15) is 23.7 Å². The molecule has 33 heavy (non-hydrogen) atoms. The van der Waals surface area contributed by atoms with Gasteiger partial charge in [0, 0.05) is 36.8 Å². The lowest BCUT2D eigenvalue weighted by molar-refractivity contribution is -0.114. The van der Waals surface area contributed by atoms with Gasteiger partial charge in [0.2, 0.25) is 11.8 Å². The van der Waals surface area contributed by atoms with Gasteiger partial charge in [-0.05, 0) is 55.5 Å². The van der Waals surface area contributed by atoms with Gasteiger partial charge in [0.05, 0.1) is 4.90 Å². The van der Waals surface area contributed by atoms with Crippen LogP contribution in [0.2, 0.25) is 0 Å². The number of hydrogen-bond donors (Lipinski definition) is 2. The number of anilines is 2. The fourth-order valence-electron chi connectivity index (χ4n) is 2.98. The van der Waals surface area contributed by atoms with Gasteiger partial charge in [-0.25, -0.2) is 23.4 Å². The molecular formula is C22H20N6O4S. The van der Waals surface area contributed by atoms with E-state index in [9.17, 15) is 13.2 Å². The van der Waals surface area contributed by atoms with Gasteiger partial charge in [-0.15, -0.1) is 0 Å². The molecule has 4 aromatic rings. The zero-order valence-corrected chi connectivity index (χ0v) is 18.6. The van der Waals surface area contributed by atoms with Crippen LogP contribution in [0.15, 0.2) is 78.2 Å². The highest BCUT2D eigenvalue weighted by atomic mass is 32.2. The summed E-state index contributed by atoms with van der Waals surface area (Å²) in [5.74, 6) is 1.97. The maximum Gasteiger partial charge on any atom is 0.261 e. The van der Waals surface area contributed by atoms with E-state index in [4.69, 9.17) is 4.74 Å². The Hall–Kier alpha value is -4.25. The normalized spacial score (nSPS) is 11.1. The summed E-state index contributed by atoms with van der Waals surface area (Å²) < 4.78 is 35.4. The number of carbonyl (C=O) groups excluding carboxylic acids is 1. The van der Waals surface area contributed by atoms with Gasteiger partial charge < -0.3 is 10.1 Å². The molecule has 11 heteroatoms. The number of aromatic nitrogens is 4. The summed E-state index contributed by atoms with van der Waals surface area (Å²) in [5, 5.41) is 2.59. The van der Waals surface area contributed by atoms with Crippen molar-refractivity contribution in [2.75, 3.05) is 10.0 Å². The molecule has 0 saturated carbocycles. The van der Waals surface area contributed by atoms with Crippen LogP contribution in [-0.4, -0.2) is 33.8 Å². The Kier molecular flexibility index (Phi) is 6.05. The van der Waals surface area contributed by atoms with Crippen LogP contribution >= 0.6 is 0 Å². The largest absolute Gasteiger partial charge is 0.439 e. The molecule has 0 aliphatic rings. The first-order chi connectivity index (χ1) is 15.8. The number of ether oxygens (including phenoxy) is 1. The Bertz CT molecular complexity index is 1380. The second-order valence-corrected chi connectivity index (χ2v) is 8.68. The van der Waals surface area contributed by atoms with Crippen LogP contribution in [0.3, 0.4) is 0 Å². The predicted molar refractivity (Wildman–Crippen MR) is 122 cm³/mol. The number of aryl methyl sites for hydroxylation is 1. The maximum absolute atomic E-state index is 12.6. The van der Waals surface area contributed by atoms with E-state index >= 15 is 0 Å². The number of rotatable bonds is 7. The number of imidazole rings is 1. The summed E-state index contributed by atoms with van der Waals surface area (Å²) in [5.41, 5.74) is 0.879. The van der Waals surface area contributed by atoms with Gasteiger partial charge in [-0.2, -0.15) is 0 Å². The van der Waals surface area contributed by atoms with Crippen LogP contribution in [0.4, 0.5) is 11.4 Å².